The number of hydrogen-bond donors (Lipinski definition) is 1. The van der Waals surface area contributed by atoms with Crippen molar-refractivity contribution in [2.45, 2.75) is 6.18 Å². The molecule has 96 valence electrons. The van der Waals surface area contributed by atoms with Gasteiger partial charge < -0.3 is 4.98 Å². The number of halogens is 6. The fraction of sp³-hybridized carbons (Fsp3) is 0.100. The van der Waals surface area contributed by atoms with Crippen LogP contribution in [0.4, 0.5) is 13.2 Å². The molecule has 0 saturated heterocycles. The summed E-state index contributed by atoms with van der Waals surface area (Å²) >= 11 is 14.4. The van der Waals surface area contributed by atoms with Gasteiger partial charge in [0.05, 0.1) is 5.02 Å². The van der Waals surface area contributed by atoms with Gasteiger partial charge in [-0.3, -0.25) is 0 Å². The summed E-state index contributed by atoms with van der Waals surface area (Å²) in [5, 5.41) is 0.614. The van der Waals surface area contributed by atoms with E-state index >= 15 is 0 Å². The molecule has 0 aliphatic rings. The zero-order valence-electron chi connectivity index (χ0n) is 8.45. The van der Waals surface area contributed by atoms with Gasteiger partial charge in [0.25, 0.3) is 0 Å². The lowest BCUT2D eigenvalue weighted by molar-refractivity contribution is -0.141. The summed E-state index contributed by atoms with van der Waals surface area (Å²) in [6.45, 7) is 0. The van der Waals surface area contributed by atoms with E-state index in [0.29, 0.717) is 10.6 Å². The van der Waals surface area contributed by atoms with Crippen LogP contribution < -0.4 is 0 Å². The number of benzene rings is 1. The first kappa shape index (κ1) is 13.7. The second-order valence-corrected chi connectivity index (χ2v) is 4.97. The van der Waals surface area contributed by atoms with E-state index in [4.69, 9.17) is 23.2 Å². The molecule has 1 heterocycles. The maximum atomic E-state index is 12.6. The van der Waals surface area contributed by atoms with Gasteiger partial charge in [0.2, 0.25) is 0 Å². The molecule has 2 nitrogen and oxygen atoms in total. The van der Waals surface area contributed by atoms with Crippen molar-refractivity contribution in [3.63, 3.8) is 0 Å². The summed E-state index contributed by atoms with van der Waals surface area (Å²) in [6.07, 6.45) is -4.51. The highest BCUT2D eigenvalue weighted by atomic mass is 79.9. The number of H-pyrrole nitrogens is 1. The molecule has 0 saturated carbocycles. The van der Waals surface area contributed by atoms with E-state index in [9.17, 15) is 13.2 Å². The Labute approximate surface area is 118 Å². The number of nitrogens with zero attached hydrogens (tertiary/aromatic N) is 1. The topological polar surface area (TPSA) is 28.7 Å². The van der Waals surface area contributed by atoms with Crippen LogP contribution in [0.15, 0.2) is 22.8 Å². The van der Waals surface area contributed by atoms with Gasteiger partial charge in [-0.15, -0.1) is 0 Å². The molecule has 0 unspecified atom stereocenters. The maximum Gasteiger partial charge on any atom is 0.433 e. The quantitative estimate of drug-likeness (QED) is 0.748. The first-order chi connectivity index (χ1) is 8.29. The molecule has 0 spiro atoms. The smallest absolute Gasteiger partial charge is 0.333 e. The van der Waals surface area contributed by atoms with Crippen molar-refractivity contribution in [3.05, 3.63) is 38.5 Å². The van der Waals surface area contributed by atoms with Crippen molar-refractivity contribution in [2.75, 3.05) is 0 Å². The summed E-state index contributed by atoms with van der Waals surface area (Å²) in [7, 11) is 0. The molecule has 0 aliphatic heterocycles. The molecule has 1 aromatic heterocycles. The van der Waals surface area contributed by atoms with Crippen LogP contribution in [0.5, 0.6) is 0 Å². The van der Waals surface area contributed by atoms with E-state index < -0.39 is 11.9 Å². The molecule has 2 aromatic rings. The number of alkyl halides is 3. The lowest BCUT2D eigenvalue weighted by Gasteiger charge is -2.03. The molecule has 18 heavy (non-hydrogen) atoms. The summed E-state index contributed by atoms with van der Waals surface area (Å²) in [5.74, 6) is 0.0240. The zero-order chi connectivity index (χ0) is 13.5. The van der Waals surface area contributed by atoms with Crippen LogP contribution in [0.1, 0.15) is 5.69 Å². The largest absolute Gasteiger partial charge is 0.433 e. The lowest BCUT2D eigenvalue weighted by atomic mass is 10.2. The number of rotatable bonds is 1. The van der Waals surface area contributed by atoms with Crippen molar-refractivity contribution in [2.24, 2.45) is 0 Å². The van der Waals surface area contributed by atoms with Gasteiger partial charge in [0.15, 0.2) is 5.69 Å². The number of imidazole rings is 1. The van der Waals surface area contributed by atoms with Gasteiger partial charge in [-0.1, -0.05) is 23.2 Å². The number of aromatic amines is 1. The summed E-state index contributed by atoms with van der Waals surface area (Å²) < 4.78 is 37.5. The highest BCUT2D eigenvalue weighted by Crippen LogP contribution is 2.36. The van der Waals surface area contributed by atoms with Crippen molar-refractivity contribution in [1.82, 2.24) is 9.97 Å². The molecule has 8 heteroatoms. The van der Waals surface area contributed by atoms with Gasteiger partial charge in [0, 0.05) is 10.6 Å². The molecule has 0 atom stereocenters. The van der Waals surface area contributed by atoms with Crippen molar-refractivity contribution < 1.29 is 13.2 Å². The number of aromatic nitrogens is 2. The number of hydrogen-bond acceptors (Lipinski definition) is 1. The maximum absolute atomic E-state index is 12.6. The molecule has 1 aromatic carbocycles. The third kappa shape index (κ3) is 2.65. The lowest BCUT2D eigenvalue weighted by Crippen LogP contribution is -2.06. The van der Waals surface area contributed by atoms with E-state index in [1.165, 1.54) is 18.2 Å². The van der Waals surface area contributed by atoms with Crippen molar-refractivity contribution in [3.8, 4) is 11.4 Å². The second-order valence-electron chi connectivity index (χ2n) is 3.37. The van der Waals surface area contributed by atoms with Crippen molar-refractivity contribution >= 4 is 39.1 Å². The fourth-order valence-electron chi connectivity index (χ4n) is 1.35. The molecular weight excluding hydrogens is 356 g/mol. The Hall–Kier alpha value is -0.720. The van der Waals surface area contributed by atoms with E-state index in [2.05, 4.69) is 25.9 Å². The Balaban J connectivity index is 2.53. The highest BCUT2D eigenvalue weighted by Gasteiger charge is 2.36. The first-order valence-electron chi connectivity index (χ1n) is 4.57. The Morgan fingerprint density at radius 2 is 1.89 bits per heavy atom. The third-order valence-corrected chi connectivity index (χ3v) is 3.25. The van der Waals surface area contributed by atoms with Gasteiger partial charge in [-0.05, 0) is 34.1 Å². The van der Waals surface area contributed by atoms with Crippen LogP contribution in [0.2, 0.25) is 10.0 Å². The standard InChI is InChI=1S/C10H4BrCl2F3N2/c11-8-7(10(14,15)16)17-9(18-8)5-2-1-4(12)3-6(5)13/h1-3H,(H,17,18). The van der Waals surface area contributed by atoms with Crippen LogP contribution in [-0.2, 0) is 6.18 Å². The summed E-state index contributed by atoms with van der Waals surface area (Å²) in [5.41, 5.74) is -0.610. The summed E-state index contributed by atoms with van der Waals surface area (Å²) in [4.78, 5) is 5.94. The zero-order valence-corrected chi connectivity index (χ0v) is 11.5. The second kappa shape index (κ2) is 4.75. The van der Waals surface area contributed by atoms with Crippen LogP contribution in [0.3, 0.4) is 0 Å². The minimum absolute atomic E-state index is 0.0240. The van der Waals surface area contributed by atoms with E-state index in [0.717, 1.165) is 0 Å². The van der Waals surface area contributed by atoms with Crippen LogP contribution in [0, 0.1) is 0 Å². The van der Waals surface area contributed by atoms with Gasteiger partial charge in [-0.2, -0.15) is 13.2 Å². The minimum Gasteiger partial charge on any atom is -0.333 e. The predicted octanol–water partition coefficient (Wildman–Crippen LogP) is 5.16. The van der Waals surface area contributed by atoms with Crippen molar-refractivity contribution in [1.29, 1.82) is 0 Å². The SMILES string of the molecule is FC(F)(F)c1[nH]c(-c2ccc(Cl)cc2Cl)nc1Br. The molecule has 1 N–H and O–H groups in total. The van der Waals surface area contributed by atoms with Crippen LogP contribution in [-0.4, -0.2) is 9.97 Å². The molecule has 2 rings (SSSR count). The van der Waals surface area contributed by atoms with E-state index in [1.807, 2.05) is 0 Å². The monoisotopic (exact) mass is 358 g/mol. The van der Waals surface area contributed by atoms with Crippen LogP contribution >= 0.6 is 39.1 Å². The Bertz CT molecular complexity index is 595. The molecule has 0 bridgehead atoms. The Kier molecular flexibility index (Phi) is 3.62. The average Bonchev–Trinajstić information content (AvgIpc) is 2.59. The Morgan fingerprint density at radius 1 is 1.22 bits per heavy atom. The third-order valence-electron chi connectivity index (χ3n) is 2.13. The summed E-state index contributed by atoms with van der Waals surface area (Å²) in [6, 6.07) is 4.45. The average molecular weight is 360 g/mol. The van der Waals surface area contributed by atoms with Gasteiger partial charge in [0.1, 0.15) is 10.4 Å². The molecule has 0 aliphatic carbocycles. The van der Waals surface area contributed by atoms with Gasteiger partial charge in [-0.25, -0.2) is 4.98 Å². The first-order valence-corrected chi connectivity index (χ1v) is 6.12. The van der Waals surface area contributed by atoms with Crippen LogP contribution in [0.25, 0.3) is 11.4 Å². The molecular formula is C10H4BrCl2F3N2. The normalized spacial score (nSPS) is 11.9. The predicted molar refractivity (Wildman–Crippen MR) is 66.7 cm³/mol. The van der Waals surface area contributed by atoms with Gasteiger partial charge >= 0.3 is 6.18 Å². The highest BCUT2D eigenvalue weighted by molar-refractivity contribution is 9.10. The fourth-order valence-corrected chi connectivity index (χ4v) is 2.35. The molecule has 0 radical (unpaired) electrons. The molecule has 0 fully saturated rings. The Morgan fingerprint density at radius 3 is 2.39 bits per heavy atom. The molecule has 0 amide bonds. The van der Waals surface area contributed by atoms with E-state index in [1.54, 1.807) is 0 Å². The number of nitrogens with one attached hydrogen (secondary N) is 1. The minimum atomic E-state index is -4.51. The van der Waals surface area contributed by atoms with E-state index in [-0.39, 0.29) is 15.5 Å².